The van der Waals surface area contributed by atoms with Crippen molar-refractivity contribution in [2.24, 2.45) is 4.99 Å². The van der Waals surface area contributed by atoms with Crippen molar-refractivity contribution in [1.29, 1.82) is 0 Å². The molecule has 0 aliphatic carbocycles. The molecule has 0 bridgehead atoms. The van der Waals surface area contributed by atoms with Crippen molar-refractivity contribution in [2.45, 2.75) is 33.7 Å². The van der Waals surface area contributed by atoms with Gasteiger partial charge in [-0.3, -0.25) is 0 Å². The summed E-state index contributed by atoms with van der Waals surface area (Å²) in [7, 11) is 0. The molecule has 0 radical (unpaired) electrons. The van der Waals surface area contributed by atoms with Gasteiger partial charge in [0.15, 0.2) is 5.96 Å². The van der Waals surface area contributed by atoms with Gasteiger partial charge in [0.05, 0.1) is 22.9 Å². The number of aliphatic imine (C=N–C) groups is 1. The van der Waals surface area contributed by atoms with E-state index in [2.05, 4.69) is 58.9 Å². The van der Waals surface area contributed by atoms with Crippen molar-refractivity contribution in [3.63, 3.8) is 0 Å². The van der Waals surface area contributed by atoms with Crippen molar-refractivity contribution in [3.05, 3.63) is 57.0 Å². The molecule has 0 aliphatic rings. The lowest BCUT2D eigenvalue weighted by molar-refractivity contribution is 0.793. The summed E-state index contributed by atoms with van der Waals surface area (Å²) in [6.07, 6.45) is 0.901. The molecule has 7 heteroatoms. The van der Waals surface area contributed by atoms with Crippen LogP contribution in [0.1, 0.15) is 28.2 Å². The highest BCUT2D eigenvalue weighted by Gasteiger charge is 2.06. The minimum Gasteiger partial charge on any atom is -0.357 e. The molecule has 5 nitrogen and oxygen atoms in total. The van der Waals surface area contributed by atoms with Crippen LogP contribution in [-0.4, -0.2) is 29.0 Å². The van der Waals surface area contributed by atoms with E-state index in [0.717, 1.165) is 47.4 Å². The van der Waals surface area contributed by atoms with Crippen LogP contribution < -0.4 is 10.6 Å². The quantitative estimate of drug-likeness (QED) is 0.462. The van der Waals surface area contributed by atoms with Crippen molar-refractivity contribution in [1.82, 2.24) is 20.6 Å². The average molecular weight is 400 g/mol. The van der Waals surface area contributed by atoms with E-state index in [-0.39, 0.29) is 0 Å². The molecule has 0 atom stereocenters. The van der Waals surface area contributed by atoms with Gasteiger partial charge in [-0.05, 0) is 20.8 Å². The summed E-state index contributed by atoms with van der Waals surface area (Å²) >= 11 is 3.43. The normalized spacial score (nSPS) is 11.6. The molecule has 2 N–H and O–H groups in total. The third kappa shape index (κ3) is 5.61. The van der Waals surface area contributed by atoms with Crippen LogP contribution in [0, 0.1) is 13.8 Å². The van der Waals surface area contributed by atoms with Crippen LogP contribution in [0.15, 0.2) is 40.7 Å². The fourth-order valence-corrected chi connectivity index (χ4v) is 4.28. The molecule has 142 valence electrons. The van der Waals surface area contributed by atoms with Gasteiger partial charge in [0.1, 0.15) is 5.01 Å². The number of benzene rings is 1. The maximum atomic E-state index is 4.70. The predicted octanol–water partition coefficient (Wildman–Crippen LogP) is 4.18. The lowest BCUT2D eigenvalue weighted by Gasteiger charge is -2.10. The van der Waals surface area contributed by atoms with Crippen LogP contribution in [0.3, 0.4) is 0 Å². The number of nitrogens with one attached hydrogen (secondary N) is 2. The van der Waals surface area contributed by atoms with Crippen LogP contribution in [0.4, 0.5) is 0 Å². The van der Waals surface area contributed by atoms with Crippen LogP contribution in [0.2, 0.25) is 0 Å². The molecule has 3 aromatic rings. The molecule has 0 aliphatic heterocycles. The number of aryl methyl sites for hydroxylation is 2. The first kappa shape index (κ1) is 19.5. The average Bonchev–Trinajstić information content (AvgIpc) is 3.27. The second-order valence-corrected chi connectivity index (χ2v) is 8.28. The number of hydrogen-bond donors (Lipinski definition) is 2. The Hall–Kier alpha value is -2.25. The molecule has 2 aromatic heterocycles. The van der Waals surface area contributed by atoms with Gasteiger partial charge in [0.2, 0.25) is 0 Å². The van der Waals surface area contributed by atoms with E-state index >= 15 is 0 Å². The summed E-state index contributed by atoms with van der Waals surface area (Å²) in [6.45, 7) is 8.45. The standard InChI is InChI=1S/C20H25N5S2/c1-4-21-20(22-11-10-18-24-14(2)15(3)27-18)23-12-17-13-26-19(25-17)16-8-6-5-7-9-16/h5-9,13H,4,10-12H2,1-3H3,(H2,21,22,23). The van der Waals surface area contributed by atoms with Crippen LogP contribution in [-0.2, 0) is 13.0 Å². The first-order valence-electron chi connectivity index (χ1n) is 9.10. The third-order valence-corrected chi connectivity index (χ3v) is 6.09. The van der Waals surface area contributed by atoms with Crippen LogP contribution >= 0.6 is 22.7 Å². The smallest absolute Gasteiger partial charge is 0.191 e. The fourth-order valence-electron chi connectivity index (χ4n) is 2.53. The molecule has 0 amide bonds. The first-order chi connectivity index (χ1) is 13.2. The van der Waals surface area contributed by atoms with Gasteiger partial charge in [-0.1, -0.05) is 30.3 Å². The maximum absolute atomic E-state index is 4.70. The lowest BCUT2D eigenvalue weighted by Crippen LogP contribution is -2.38. The highest BCUT2D eigenvalue weighted by molar-refractivity contribution is 7.13. The van der Waals surface area contributed by atoms with Gasteiger partial charge in [-0.25, -0.2) is 15.0 Å². The Morgan fingerprint density at radius 1 is 1.11 bits per heavy atom. The predicted molar refractivity (Wildman–Crippen MR) is 116 cm³/mol. The first-order valence-corrected chi connectivity index (χ1v) is 10.8. The molecule has 2 heterocycles. The van der Waals surface area contributed by atoms with Crippen LogP contribution in [0.5, 0.6) is 0 Å². The van der Waals surface area contributed by atoms with E-state index < -0.39 is 0 Å². The number of guanidine groups is 1. The number of thiazole rings is 2. The zero-order valence-corrected chi connectivity index (χ0v) is 17.6. The molecule has 0 unspecified atom stereocenters. The molecule has 1 aromatic carbocycles. The summed E-state index contributed by atoms with van der Waals surface area (Å²) in [5.41, 5.74) is 3.27. The lowest BCUT2D eigenvalue weighted by atomic mass is 10.2. The summed E-state index contributed by atoms with van der Waals surface area (Å²) in [5, 5.41) is 11.0. The van der Waals surface area contributed by atoms with Gasteiger partial charge in [0.25, 0.3) is 0 Å². The third-order valence-electron chi connectivity index (χ3n) is 4.02. The Morgan fingerprint density at radius 3 is 2.63 bits per heavy atom. The van der Waals surface area contributed by atoms with Gasteiger partial charge >= 0.3 is 0 Å². The van der Waals surface area contributed by atoms with E-state index in [1.165, 1.54) is 9.88 Å². The van der Waals surface area contributed by atoms with Crippen molar-refractivity contribution in [3.8, 4) is 10.6 Å². The minimum atomic E-state index is 0.564. The molecule has 0 fully saturated rings. The molecule has 0 saturated heterocycles. The van der Waals surface area contributed by atoms with Crippen molar-refractivity contribution < 1.29 is 0 Å². The SMILES string of the molecule is CCNC(=NCc1csc(-c2ccccc2)n1)NCCc1nc(C)c(C)s1. The number of nitrogens with zero attached hydrogens (tertiary/aromatic N) is 3. The topological polar surface area (TPSA) is 62.2 Å². The fraction of sp³-hybridized carbons (Fsp3) is 0.350. The van der Waals surface area contributed by atoms with Gasteiger partial charge < -0.3 is 10.6 Å². The Balaban J connectivity index is 1.56. The second-order valence-electron chi connectivity index (χ2n) is 6.13. The monoisotopic (exact) mass is 399 g/mol. The zero-order chi connectivity index (χ0) is 19.1. The molecule has 0 saturated carbocycles. The molecular weight excluding hydrogens is 374 g/mol. The molecule has 3 rings (SSSR count). The minimum absolute atomic E-state index is 0.564. The van der Waals surface area contributed by atoms with Crippen LogP contribution in [0.25, 0.3) is 10.6 Å². The number of aromatic nitrogens is 2. The summed E-state index contributed by atoms with van der Waals surface area (Å²) < 4.78 is 0. The largest absolute Gasteiger partial charge is 0.357 e. The summed E-state index contributed by atoms with van der Waals surface area (Å²) in [5.74, 6) is 0.816. The van der Waals surface area contributed by atoms with Gasteiger partial charge in [-0.2, -0.15) is 0 Å². The molecular formula is C20H25N5S2. The summed E-state index contributed by atoms with van der Waals surface area (Å²) in [6, 6.07) is 10.3. The Bertz CT molecular complexity index is 863. The Kier molecular flexibility index (Phi) is 6.95. The number of hydrogen-bond acceptors (Lipinski definition) is 5. The zero-order valence-electron chi connectivity index (χ0n) is 16.0. The second kappa shape index (κ2) is 9.62. The maximum Gasteiger partial charge on any atom is 0.191 e. The van der Waals surface area contributed by atoms with E-state index in [9.17, 15) is 0 Å². The van der Waals surface area contributed by atoms with Crippen molar-refractivity contribution in [2.75, 3.05) is 13.1 Å². The van der Waals surface area contributed by atoms with Gasteiger partial charge in [-0.15, -0.1) is 22.7 Å². The van der Waals surface area contributed by atoms with E-state index in [4.69, 9.17) is 4.98 Å². The van der Waals surface area contributed by atoms with E-state index in [1.807, 2.05) is 18.2 Å². The van der Waals surface area contributed by atoms with E-state index in [0.29, 0.717) is 6.54 Å². The Morgan fingerprint density at radius 2 is 1.93 bits per heavy atom. The highest BCUT2D eigenvalue weighted by atomic mass is 32.1. The van der Waals surface area contributed by atoms with E-state index in [1.54, 1.807) is 22.7 Å². The molecule has 0 spiro atoms. The molecule has 27 heavy (non-hydrogen) atoms. The number of rotatable bonds is 7. The highest BCUT2D eigenvalue weighted by Crippen LogP contribution is 2.23. The Labute approximate surface area is 168 Å². The van der Waals surface area contributed by atoms with Gasteiger partial charge in [0, 0.05) is 35.3 Å². The van der Waals surface area contributed by atoms with Crippen molar-refractivity contribution >= 4 is 28.6 Å². The summed E-state index contributed by atoms with van der Waals surface area (Å²) in [4.78, 5) is 15.2.